The molecule has 2 aliphatic heterocycles. The van der Waals surface area contributed by atoms with Gasteiger partial charge in [-0.3, -0.25) is 9.59 Å². The van der Waals surface area contributed by atoms with Crippen LogP contribution in [0.2, 0.25) is 0 Å². The molecule has 2 aliphatic rings. The van der Waals surface area contributed by atoms with Crippen LogP contribution in [-0.4, -0.2) is 36.3 Å². The number of pyridine rings is 1. The molecule has 0 radical (unpaired) electrons. The van der Waals surface area contributed by atoms with E-state index in [1.165, 1.54) is 16.4 Å². The van der Waals surface area contributed by atoms with Gasteiger partial charge < -0.3 is 9.88 Å². The molecule has 0 saturated carbocycles. The van der Waals surface area contributed by atoms with E-state index in [2.05, 4.69) is 5.32 Å². The summed E-state index contributed by atoms with van der Waals surface area (Å²) in [5, 5.41) is 2.73. The van der Waals surface area contributed by atoms with Crippen LogP contribution >= 0.6 is 0 Å². The van der Waals surface area contributed by atoms with E-state index in [9.17, 15) is 22.4 Å². The first-order chi connectivity index (χ1) is 16.8. The average Bonchev–Trinajstić information content (AvgIpc) is 2.85. The van der Waals surface area contributed by atoms with Crippen molar-refractivity contribution in [1.82, 2.24) is 8.87 Å². The second kappa shape index (κ2) is 9.05. The minimum absolute atomic E-state index is 0.0447. The maximum atomic E-state index is 14.8. The molecule has 2 atom stereocenters. The summed E-state index contributed by atoms with van der Waals surface area (Å²) in [6.07, 6.45) is 1.64. The Bertz CT molecular complexity index is 1450. The minimum Gasteiger partial charge on any atom is -0.322 e. The summed E-state index contributed by atoms with van der Waals surface area (Å²) in [4.78, 5) is 24.5. The number of carbonyl (C=O) groups is 1. The van der Waals surface area contributed by atoms with Crippen LogP contribution in [0.3, 0.4) is 0 Å². The van der Waals surface area contributed by atoms with E-state index < -0.39 is 26.6 Å². The van der Waals surface area contributed by atoms with E-state index in [-0.39, 0.29) is 36.0 Å². The van der Waals surface area contributed by atoms with Crippen LogP contribution in [0.1, 0.15) is 40.9 Å². The largest absolute Gasteiger partial charge is 0.322 e. The Hall–Kier alpha value is -3.30. The Morgan fingerprint density at radius 2 is 1.83 bits per heavy atom. The van der Waals surface area contributed by atoms with Crippen molar-refractivity contribution in [3.63, 3.8) is 0 Å². The van der Waals surface area contributed by atoms with E-state index in [0.29, 0.717) is 12.2 Å². The van der Waals surface area contributed by atoms with Crippen LogP contribution in [0, 0.1) is 11.7 Å². The van der Waals surface area contributed by atoms with E-state index in [1.807, 2.05) is 25.1 Å². The van der Waals surface area contributed by atoms with E-state index >= 15 is 0 Å². The zero-order valence-corrected chi connectivity index (χ0v) is 20.1. The van der Waals surface area contributed by atoms with Gasteiger partial charge in [0.25, 0.3) is 11.5 Å². The molecule has 2 aromatic carbocycles. The lowest BCUT2D eigenvalue weighted by molar-refractivity contribution is 0.102. The normalized spacial score (nSPS) is 19.7. The SMILES string of the molecule is CCc1ccc(NC(=O)c2ccc(F)c(S(=O)(=O)N3CC4CC(C3)c3cccc(=O)n3C4)c2)cc1. The van der Waals surface area contributed by atoms with Gasteiger partial charge in [-0.25, -0.2) is 12.8 Å². The van der Waals surface area contributed by atoms with Crippen molar-refractivity contribution in [2.45, 2.75) is 37.1 Å². The average molecular weight is 496 g/mol. The molecular formula is C26H26FN3O4S. The number of anilines is 1. The monoisotopic (exact) mass is 495 g/mol. The fourth-order valence-electron chi connectivity index (χ4n) is 5.06. The molecule has 9 heteroatoms. The minimum atomic E-state index is -4.19. The van der Waals surface area contributed by atoms with Crippen LogP contribution < -0.4 is 10.9 Å². The van der Waals surface area contributed by atoms with Gasteiger partial charge >= 0.3 is 0 Å². The summed E-state index contributed by atoms with van der Waals surface area (Å²) >= 11 is 0. The lowest BCUT2D eigenvalue weighted by atomic mass is 9.84. The zero-order chi connectivity index (χ0) is 24.7. The summed E-state index contributed by atoms with van der Waals surface area (Å²) in [5.74, 6) is -1.61. The molecule has 1 saturated heterocycles. The molecule has 1 N–H and O–H groups in total. The third kappa shape index (κ3) is 4.41. The molecule has 7 nitrogen and oxygen atoms in total. The maximum Gasteiger partial charge on any atom is 0.255 e. The highest BCUT2D eigenvalue weighted by molar-refractivity contribution is 7.89. The number of hydrogen-bond donors (Lipinski definition) is 1. The highest BCUT2D eigenvalue weighted by Gasteiger charge is 2.40. The molecule has 1 fully saturated rings. The van der Waals surface area contributed by atoms with Gasteiger partial charge in [0.05, 0.1) is 0 Å². The molecule has 2 bridgehead atoms. The molecule has 3 heterocycles. The van der Waals surface area contributed by atoms with Crippen LogP contribution in [-0.2, 0) is 23.0 Å². The summed E-state index contributed by atoms with van der Waals surface area (Å²) in [5.41, 5.74) is 2.45. The third-order valence-corrected chi connectivity index (χ3v) is 8.72. The second-order valence-electron chi connectivity index (χ2n) is 9.17. The molecule has 35 heavy (non-hydrogen) atoms. The number of halogens is 1. The predicted molar refractivity (Wildman–Crippen MR) is 130 cm³/mol. The first-order valence-electron chi connectivity index (χ1n) is 11.7. The van der Waals surface area contributed by atoms with Crippen molar-refractivity contribution in [3.05, 3.63) is 93.7 Å². The van der Waals surface area contributed by atoms with Crippen molar-refractivity contribution in [2.75, 3.05) is 18.4 Å². The molecule has 0 aliphatic carbocycles. The van der Waals surface area contributed by atoms with Gasteiger partial charge in [-0.1, -0.05) is 25.1 Å². The van der Waals surface area contributed by atoms with Gasteiger partial charge in [0.2, 0.25) is 10.0 Å². The van der Waals surface area contributed by atoms with Crippen molar-refractivity contribution in [1.29, 1.82) is 0 Å². The van der Waals surface area contributed by atoms with Crippen molar-refractivity contribution in [2.24, 2.45) is 5.92 Å². The lowest BCUT2D eigenvalue weighted by Crippen LogP contribution is -2.49. The smallest absolute Gasteiger partial charge is 0.255 e. The number of hydrogen-bond acceptors (Lipinski definition) is 4. The number of benzene rings is 2. The van der Waals surface area contributed by atoms with Gasteiger partial charge in [0.15, 0.2) is 0 Å². The Balaban J connectivity index is 1.41. The van der Waals surface area contributed by atoms with Gasteiger partial charge in [-0.2, -0.15) is 4.31 Å². The van der Waals surface area contributed by atoms with Gasteiger partial charge in [-0.05, 0) is 60.7 Å². The summed E-state index contributed by atoms with van der Waals surface area (Å²) < 4.78 is 44.8. The first-order valence-corrected chi connectivity index (χ1v) is 13.1. The second-order valence-corrected chi connectivity index (χ2v) is 11.1. The molecule has 5 rings (SSSR count). The molecule has 1 aromatic heterocycles. The number of aryl methyl sites for hydroxylation is 1. The van der Waals surface area contributed by atoms with Crippen molar-refractivity contribution in [3.8, 4) is 0 Å². The zero-order valence-electron chi connectivity index (χ0n) is 19.3. The highest BCUT2D eigenvalue weighted by atomic mass is 32.2. The number of nitrogens with one attached hydrogen (secondary N) is 1. The first kappa shape index (κ1) is 23.4. The predicted octanol–water partition coefficient (Wildman–Crippen LogP) is 3.61. The van der Waals surface area contributed by atoms with E-state index in [1.54, 1.807) is 22.8 Å². The molecule has 2 unspecified atom stereocenters. The number of aromatic nitrogens is 1. The van der Waals surface area contributed by atoms with E-state index in [0.717, 1.165) is 36.2 Å². The fraction of sp³-hybridized carbons (Fsp3) is 0.308. The number of sulfonamides is 1. The Labute approximate surface area is 203 Å². The number of rotatable bonds is 5. The number of amides is 1. The third-order valence-electron chi connectivity index (χ3n) is 6.88. The Morgan fingerprint density at radius 1 is 1.06 bits per heavy atom. The van der Waals surface area contributed by atoms with Crippen LogP contribution in [0.15, 0.2) is 70.4 Å². The van der Waals surface area contributed by atoms with Gasteiger partial charge in [0.1, 0.15) is 10.7 Å². The molecule has 182 valence electrons. The number of fused-ring (bicyclic) bond motifs is 4. The van der Waals surface area contributed by atoms with Crippen LogP contribution in [0.5, 0.6) is 0 Å². The van der Waals surface area contributed by atoms with Crippen LogP contribution in [0.4, 0.5) is 10.1 Å². The fourth-order valence-corrected chi connectivity index (χ4v) is 6.71. The van der Waals surface area contributed by atoms with Crippen molar-refractivity contribution >= 4 is 21.6 Å². The highest BCUT2D eigenvalue weighted by Crippen LogP contribution is 2.37. The van der Waals surface area contributed by atoms with Gasteiger partial charge in [0, 0.05) is 48.6 Å². The Kier molecular flexibility index (Phi) is 6.06. The summed E-state index contributed by atoms with van der Waals surface area (Å²) in [7, 11) is -4.19. The molecule has 0 spiro atoms. The molecule has 3 aromatic rings. The Morgan fingerprint density at radius 3 is 2.57 bits per heavy atom. The standard InChI is InChI=1S/C26H26FN3O4S/c1-2-17-6-9-21(10-7-17)28-26(32)19-8-11-22(27)24(13-19)35(33,34)29-14-18-12-20(16-29)23-4-3-5-25(31)30(23)15-18/h3-11,13,18,20H,2,12,14-16H2,1H3,(H,28,32). The lowest BCUT2D eigenvalue weighted by Gasteiger charge is -2.42. The number of piperidine rings is 1. The van der Waals surface area contributed by atoms with E-state index in [4.69, 9.17) is 0 Å². The quantitative estimate of drug-likeness (QED) is 0.586. The van der Waals surface area contributed by atoms with Crippen molar-refractivity contribution < 1.29 is 17.6 Å². The summed E-state index contributed by atoms with van der Waals surface area (Å²) in [6, 6.07) is 15.8. The van der Waals surface area contributed by atoms with Gasteiger partial charge in [-0.15, -0.1) is 0 Å². The topological polar surface area (TPSA) is 88.5 Å². The molecular weight excluding hydrogens is 469 g/mol. The maximum absolute atomic E-state index is 14.8. The number of nitrogens with zero attached hydrogens (tertiary/aromatic N) is 2. The summed E-state index contributed by atoms with van der Waals surface area (Å²) in [6.45, 7) is 2.81. The van der Waals surface area contributed by atoms with Crippen LogP contribution in [0.25, 0.3) is 0 Å². The number of carbonyl (C=O) groups excluding carboxylic acids is 1. The molecule has 1 amide bonds.